The van der Waals surface area contributed by atoms with E-state index in [9.17, 15) is 8.42 Å². The number of hydrogen-bond donors (Lipinski definition) is 1. The third-order valence-corrected chi connectivity index (χ3v) is 5.04. The molecule has 0 atom stereocenters. The van der Waals surface area contributed by atoms with Crippen molar-refractivity contribution in [3.63, 3.8) is 0 Å². The normalized spacial score (nSPS) is 11.5. The van der Waals surface area contributed by atoms with Gasteiger partial charge in [0, 0.05) is 18.2 Å². The van der Waals surface area contributed by atoms with Crippen LogP contribution in [0.3, 0.4) is 0 Å². The number of aromatic nitrogens is 1. The van der Waals surface area contributed by atoms with Crippen LogP contribution in [0.5, 0.6) is 0 Å². The predicted octanol–water partition coefficient (Wildman–Crippen LogP) is 4.07. The number of benzene rings is 2. The van der Waals surface area contributed by atoms with Crippen LogP contribution in [0.2, 0.25) is 0 Å². The van der Waals surface area contributed by atoms with Crippen molar-refractivity contribution in [2.45, 2.75) is 25.7 Å². The second-order valence-electron chi connectivity index (χ2n) is 5.63. The molecule has 0 unspecified atom stereocenters. The van der Waals surface area contributed by atoms with Crippen molar-refractivity contribution in [1.82, 2.24) is 4.98 Å². The van der Waals surface area contributed by atoms with Gasteiger partial charge in [0.25, 0.3) is 10.0 Å². The van der Waals surface area contributed by atoms with Gasteiger partial charge in [-0.15, -0.1) is 0 Å². The zero-order chi connectivity index (χ0) is 17.3. The van der Waals surface area contributed by atoms with Crippen LogP contribution in [0, 0.1) is 20.8 Å². The first-order valence-corrected chi connectivity index (χ1v) is 8.97. The second-order valence-corrected chi connectivity index (χ2v) is 7.32. The summed E-state index contributed by atoms with van der Waals surface area (Å²) in [5.74, 6) is 1.34. The first-order chi connectivity index (χ1) is 11.3. The van der Waals surface area contributed by atoms with Gasteiger partial charge in [0.2, 0.25) is 0 Å². The molecule has 24 heavy (non-hydrogen) atoms. The largest absolute Gasteiger partial charge is 0.446 e. The molecule has 0 saturated carbocycles. The third-order valence-electron chi connectivity index (χ3n) is 3.65. The van der Waals surface area contributed by atoms with Crippen molar-refractivity contribution in [3.8, 4) is 11.3 Å². The van der Waals surface area contributed by atoms with Crippen molar-refractivity contribution in [3.05, 3.63) is 65.7 Å². The van der Waals surface area contributed by atoms with E-state index in [2.05, 4.69) is 9.71 Å². The van der Waals surface area contributed by atoms with Crippen molar-refractivity contribution < 1.29 is 12.8 Å². The first kappa shape index (κ1) is 16.3. The molecule has 2 aromatic carbocycles. The van der Waals surface area contributed by atoms with Crippen molar-refractivity contribution >= 4 is 15.7 Å². The predicted molar refractivity (Wildman–Crippen MR) is 93.4 cm³/mol. The first-order valence-electron chi connectivity index (χ1n) is 7.49. The van der Waals surface area contributed by atoms with Crippen LogP contribution in [0.4, 0.5) is 5.69 Å². The van der Waals surface area contributed by atoms with E-state index in [0.29, 0.717) is 11.6 Å². The average molecular weight is 342 g/mol. The molecule has 124 valence electrons. The topological polar surface area (TPSA) is 72.2 Å². The molecule has 0 fully saturated rings. The van der Waals surface area contributed by atoms with E-state index in [1.54, 1.807) is 43.3 Å². The highest BCUT2D eigenvalue weighted by Crippen LogP contribution is 2.25. The summed E-state index contributed by atoms with van der Waals surface area (Å²) in [5.41, 5.74) is 3.15. The Balaban J connectivity index is 1.83. The summed E-state index contributed by atoms with van der Waals surface area (Å²) in [6.07, 6.45) is 0. The lowest BCUT2D eigenvalue weighted by molar-refractivity contribution is 0.495. The van der Waals surface area contributed by atoms with Crippen molar-refractivity contribution in [2.24, 2.45) is 0 Å². The van der Waals surface area contributed by atoms with Crippen LogP contribution in [0.25, 0.3) is 11.3 Å². The van der Waals surface area contributed by atoms with E-state index >= 15 is 0 Å². The number of sulfonamides is 1. The summed E-state index contributed by atoms with van der Waals surface area (Å²) in [6.45, 7) is 5.56. The highest BCUT2D eigenvalue weighted by Gasteiger charge is 2.14. The fraction of sp³-hybridized carbons (Fsp3) is 0.167. The molecule has 0 spiro atoms. The number of aryl methyl sites for hydroxylation is 3. The molecule has 3 aromatic rings. The molecule has 3 rings (SSSR count). The minimum atomic E-state index is -3.60. The molecule has 0 aliphatic rings. The van der Waals surface area contributed by atoms with Crippen molar-refractivity contribution in [1.29, 1.82) is 0 Å². The summed E-state index contributed by atoms with van der Waals surface area (Å²) in [4.78, 5) is 4.57. The molecule has 1 aromatic heterocycles. The van der Waals surface area contributed by atoms with Gasteiger partial charge in [0.05, 0.1) is 4.90 Å². The summed E-state index contributed by atoms with van der Waals surface area (Å²) < 4.78 is 32.8. The summed E-state index contributed by atoms with van der Waals surface area (Å²) in [5, 5.41) is 0. The van der Waals surface area contributed by atoms with E-state index in [-0.39, 0.29) is 4.90 Å². The lowest BCUT2D eigenvalue weighted by atomic mass is 10.1. The SMILES string of the molecule is Cc1ccc(S(=O)(=O)Nc2ccc(-c3nc(C)oc3C)cc2)cc1. The van der Waals surface area contributed by atoms with Gasteiger partial charge in [-0.25, -0.2) is 13.4 Å². The number of oxazole rings is 1. The smallest absolute Gasteiger partial charge is 0.261 e. The van der Waals surface area contributed by atoms with E-state index in [1.165, 1.54) is 0 Å². The van der Waals surface area contributed by atoms with Crippen LogP contribution in [0.1, 0.15) is 17.2 Å². The van der Waals surface area contributed by atoms with E-state index in [4.69, 9.17) is 4.42 Å². The minimum Gasteiger partial charge on any atom is -0.446 e. The van der Waals surface area contributed by atoms with Gasteiger partial charge in [-0.3, -0.25) is 4.72 Å². The lowest BCUT2D eigenvalue weighted by Gasteiger charge is -2.09. The van der Waals surface area contributed by atoms with Crippen LogP contribution < -0.4 is 4.72 Å². The molecular formula is C18H18N2O3S. The Morgan fingerprint density at radius 3 is 2.08 bits per heavy atom. The Morgan fingerprint density at radius 1 is 0.917 bits per heavy atom. The highest BCUT2D eigenvalue weighted by atomic mass is 32.2. The van der Waals surface area contributed by atoms with Crippen LogP contribution >= 0.6 is 0 Å². The zero-order valence-electron chi connectivity index (χ0n) is 13.7. The van der Waals surface area contributed by atoms with Crippen LogP contribution in [0.15, 0.2) is 57.8 Å². The van der Waals surface area contributed by atoms with Gasteiger partial charge >= 0.3 is 0 Å². The average Bonchev–Trinajstić information content (AvgIpc) is 2.87. The standard InChI is InChI=1S/C18H18N2O3S/c1-12-4-10-17(11-5-12)24(21,22)20-16-8-6-15(7-9-16)18-13(2)23-14(3)19-18/h4-11,20H,1-3H3. The van der Waals surface area contributed by atoms with Crippen LogP contribution in [-0.4, -0.2) is 13.4 Å². The molecule has 1 heterocycles. The third kappa shape index (κ3) is 3.33. The Bertz CT molecular complexity index is 957. The molecule has 0 aliphatic carbocycles. The maximum absolute atomic E-state index is 12.4. The molecular weight excluding hydrogens is 324 g/mol. The monoisotopic (exact) mass is 342 g/mol. The quantitative estimate of drug-likeness (QED) is 0.776. The fourth-order valence-corrected chi connectivity index (χ4v) is 3.48. The molecule has 6 heteroatoms. The van der Waals surface area contributed by atoms with Gasteiger partial charge in [-0.2, -0.15) is 0 Å². The van der Waals surface area contributed by atoms with Gasteiger partial charge in [-0.1, -0.05) is 29.8 Å². The lowest BCUT2D eigenvalue weighted by Crippen LogP contribution is -2.12. The van der Waals surface area contributed by atoms with Crippen LogP contribution in [-0.2, 0) is 10.0 Å². The maximum atomic E-state index is 12.4. The Labute approximate surface area is 141 Å². The molecule has 0 aliphatic heterocycles. The van der Waals surface area contributed by atoms with Gasteiger partial charge in [-0.05, 0) is 38.1 Å². The summed E-state index contributed by atoms with van der Waals surface area (Å²) in [7, 11) is -3.60. The van der Waals surface area contributed by atoms with Gasteiger partial charge in [0.1, 0.15) is 11.5 Å². The second kappa shape index (κ2) is 6.13. The number of nitrogens with zero attached hydrogens (tertiary/aromatic N) is 1. The van der Waals surface area contributed by atoms with Crippen molar-refractivity contribution in [2.75, 3.05) is 4.72 Å². The number of rotatable bonds is 4. The molecule has 0 bridgehead atoms. The summed E-state index contributed by atoms with van der Waals surface area (Å²) in [6, 6.07) is 13.8. The summed E-state index contributed by atoms with van der Waals surface area (Å²) >= 11 is 0. The Kier molecular flexibility index (Phi) is 4.15. The number of nitrogens with one attached hydrogen (secondary N) is 1. The maximum Gasteiger partial charge on any atom is 0.261 e. The molecule has 0 radical (unpaired) electrons. The van der Waals surface area contributed by atoms with E-state index in [1.807, 2.05) is 26.0 Å². The molecule has 1 N–H and O–H groups in total. The number of anilines is 1. The highest BCUT2D eigenvalue weighted by molar-refractivity contribution is 7.92. The Hall–Kier alpha value is -2.60. The van der Waals surface area contributed by atoms with E-state index in [0.717, 1.165) is 22.6 Å². The Morgan fingerprint density at radius 2 is 1.54 bits per heavy atom. The molecule has 0 amide bonds. The molecule has 0 saturated heterocycles. The zero-order valence-corrected chi connectivity index (χ0v) is 14.5. The molecule has 5 nitrogen and oxygen atoms in total. The van der Waals surface area contributed by atoms with Gasteiger partial charge in [0.15, 0.2) is 5.89 Å². The fourth-order valence-electron chi connectivity index (χ4n) is 2.42. The van der Waals surface area contributed by atoms with E-state index < -0.39 is 10.0 Å². The number of hydrogen-bond acceptors (Lipinski definition) is 4. The minimum absolute atomic E-state index is 0.236. The van der Waals surface area contributed by atoms with Gasteiger partial charge < -0.3 is 4.42 Å².